The van der Waals surface area contributed by atoms with Crippen LogP contribution in [0.2, 0.25) is 0 Å². The summed E-state index contributed by atoms with van der Waals surface area (Å²) in [7, 11) is 0. The summed E-state index contributed by atoms with van der Waals surface area (Å²) >= 11 is 1.21. The van der Waals surface area contributed by atoms with E-state index in [4.69, 9.17) is 10.6 Å². The molecule has 0 fully saturated rings. The van der Waals surface area contributed by atoms with Crippen molar-refractivity contribution in [1.29, 1.82) is 0 Å². The van der Waals surface area contributed by atoms with Gasteiger partial charge in [-0.2, -0.15) is 0 Å². The zero-order chi connectivity index (χ0) is 20.8. The van der Waals surface area contributed by atoms with Crippen molar-refractivity contribution in [3.63, 3.8) is 0 Å². The molecule has 1 heterocycles. The molecule has 0 unspecified atom stereocenters. The normalized spacial score (nSPS) is 11.8. The first-order valence-corrected chi connectivity index (χ1v) is 9.98. The standard InChI is InChI=1S/C20H22FN5O2S/c1-3-28-17-10-8-16(9-11-17)23-19(27)13(2)29-20-25-24-18(26(20)22)12-14-4-6-15(21)7-5-14/h4-11,13H,3,12,22H2,1-2H3,(H,23,27)/t13-/m1/s1. The first kappa shape index (κ1) is 20.7. The highest BCUT2D eigenvalue weighted by molar-refractivity contribution is 8.00. The van der Waals surface area contributed by atoms with Gasteiger partial charge in [-0.3, -0.25) is 4.79 Å². The number of hydrogen-bond donors (Lipinski definition) is 2. The number of nitrogens with two attached hydrogens (primary N) is 1. The highest BCUT2D eigenvalue weighted by atomic mass is 32.2. The van der Waals surface area contributed by atoms with Crippen molar-refractivity contribution in [2.24, 2.45) is 0 Å². The lowest BCUT2D eigenvalue weighted by atomic mass is 10.1. The summed E-state index contributed by atoms with van der Waals surface area (Å²) in [5.41, 5.74) is 1.54. The van der Waals surface area contributed by atoms with E-state index in [0.29, 0.717) is 29.7 Å². The van der Waals surface area contributed by atoms with Gasteiger partial charge in [0.1, 0.15) is 11.6 Å². The molecule has 9 heteroatoms. The maximum atomic E-state index is 13.0. The molecule has 1 atom stereocenters. The molecule has 0 radical (unpaired) electrons. The molecule has 7 nitrogen and oxygen atoms in total. The van der Waals surface area contributed by atoms with Crippen LogP contribution in [0.3, 0.4) is 0 Å². The molecular formula is C20H22FN5O2S. The third kappa shape index (κ3) is 5.47. The molecule has 152 valence electrons. The van der Waals surface area contributed by atoms with Crippen molar-refractivity contribution < 1.29 is 13.9 Å². The Morgan fingerprint density at radius 1 is 1.21 bits per heavy atom. The fourth-order valence-corrected chi connectivity index (χ4v) is 3.34. The summed E-state index contributed by atoms with van der Waals surface area (Å²) in [6, 6.07) is 13.3. The van der Waals surface area contributed by atoms with Gasteiger partial charge in [-0.25, -0.2) is 9.07 Å². The minimum Gasteiger partial charge on any atom is -0.494 e. The van der Waals surface area contributed by atoms with E-state index in [1.807, 2.05) is 6.92 Å². The highest BCUT2D eigenvalue weighted by Gasteiger charge is 2.19. The Bertz CT molecular complexity index is 960. The zero-order valence-electron chi connectivity index (χ0n) is 16.1. The van der Waals surface area contributed by atoms with Crippen molar-refractivity contribution in [1.82, 2.24) is 14.9 Å². The molecule has 3 aromatic rings. The van der Waals surface area contributed by atoms with Gasteiger partial charge in [0, 0.05) is 12.1 Å². The predicted octanol–water partition coefficient (Wildman–Crippen LogP) is 3.24. The number of rotatable bonds is 8. The van der Waals surface area contributed by atoms with E-state index in [1.165, 1.54) is 28.6 Å². The third-order valence-electron chi connectivity index (χ3n) is 4.09. The number of hydrogen-bond acceptors (Lipinski definition) is 6. The fraction of sp³-hybridized carbons (Fsp3) is 0.250. The van der Waals surface area contributed by atoms with Crippen LogP contribution in [-0.2, 0) is 11.2 Å². The highest BCUT2D eigenvalue weighted by Crippen LogP contribution is 2.23. The zero-order valence-corrected chi connectivity index (χ0v) is 16.9. The average Bonchev–Trinajstić information content (AvgIpc) is 3.05. The molecule has 1 aromatic heterocycles. The molecule has 0 saturated carbocycles. The Kier molecular flexibility index (Phi) is 6.71. The number of ether oxygens (including phenoxy) is 1. The molecule has 0 aliphatic carbocycles. The lowest BCUT2D eigenvalue weighted by molar-refractivity contribution is -0.115. The van der Waals surface area contributed by atoms with E-state index >= 15 is 0 Å². The minimum absolute atomic E-state index is 0.178. The Hall–Kier alpha value is -3.07. The number of nitrogens with one attached hydrogen (secondary N) is 1. The number of aromatic nitrogens is 3. The maximum Gasteiger partial charge on any atom is 0.237 e. The molecule has 3 N–H and O–H groups in total. The number of nitrogens with zero attached hydrogens (tertiary/aromatic N) is 3. The number of anilines is 1. The van der Waals surface area contributed by atoms with Gasteiger partial charge < -0.3 is 15.9 Å². The monoisotopic (exact) mass is 415 g/mol. The summed E-state index contributed by atoms with van der Waals surface area (Å²) in [5.74, 6) is 6.87. The number of thioether (sulfide) groups is 1. The summed E-state index contributed by atoms with van der Waals surface area (Å²) < 4.78 is 19.8. The Labute approximate surface area is 172 Å². The SMILES string of the molecule is CCOc1ccc(NC(=O)[C@@H](C)Sc2nnc(Cc3ccc(F)cc3)n2N)cc1. The van der Waals surface area contributed by atoms with Crippen LogP contribution in [0, 0.1) is 5.82 Å². The van der Waals surface area contributed by atoms with Crippen LogP contribution < -0.4 is 15.9 Å². The van der Waals surface area contributed by atoms with Gasteiger partial charge in [0.2, 0.25) is 11.1 Å². The van der Waals surface area contributed by atoms with E-state index in [0.717, 1.165) is 11.3 Å². The number of carbonyl (C=O) groups excluding carboxylic acids is 1. The average molecular weight is 415 g/mol. The molecule has 2 aromatic carbocycles. The maximum absolute atomic E-state index is 13.0. The number of nitrogen functional groups attached to an aromatic ring is 1. The van der Waals surface area contributed by atoms with Crippen LogP contribution in [0.4, 0.5) is 10.1 Å². The fourth-order valence-electron chi connectivity index (χ4n) is 2.55. The second kappa shape index (κ2) is 9.42. The van der Waals surface area contributed by atoms with Crippen molar-refractivity contribution in [3.05, 3.63) is 65.7 Å². The van der Waals surface area contributed by atoms with E-state index in [-0.39, 0.29) is 11.7 Å². The van der Waals surface area contributed by atoms with Crippen LogP contribution in [0.5, 0.6) is 5.75 Å². The summed E-state index contributed by atoms with van der Waals surface area (Å²) in [5, 5.41) is 11.0. The van der Waals surface area contributed by atoms with Gasteiger partial charge in [-0.15, -0.1) is 10.2 Å². The molecular weight excluding hydrogens is 393 g/mol. The van der Waals surface area contributed by atoms with Crippen molar-refractivity contribution in [3.8, 4) is 5.75 Å². The van der Waals surface area contributed by atoms with E-state index < -0.39 is 5.25 Å². The topological polar surface area (TPSA) is 95.1 Å². The van der Waals surface area contributed by atoms with Gasteiger partial charge in [-0.1, -0.05) is 23.9 Å². The van der Waals surface area contributed by atoms with Gasteiger partial charge in [0.05, 0.1) is 11.9 Å². The van der Waals surface area contributed by atoms with Gasteiger partial charge in [0.25, 0.3) is 0 Å². The summed E-state index contributed by atoms with van der Waals surface area (Å²) in [6.07, 6.45) is 0.414. The number of amides is 1. The van der Waals surface area contributed by atoms with Crippen LogP contribution in [0.15, 0.2) is 53.7 Å². The Morgan fingerprint density at radius 3 is 2.55 bits per heavy atom. The predicted molar refractivity (Wildman–Crippen MR) is 111 cm³/mol. The van der Waals surface area contributed by atoms with Crippen LogP contribution in [0.1, 0.15) is 25.2 Å². The molecule has 0 saturated heterocycles. The third-order valence-corrected chi connectivity index (χ3v) is 5.15. The summed E-state index contributed by atoms with van der Waals surface area (Å²) in [4.78, 5) is 12.5. The first-order chi connectivity index (χ1) is 14.0. The smallest absolute Gasteiger partial charge is 0.237 e. The summed E-state index contributed by atoms with van der Waals surface area (Å²) in [6.45, 7) is 4.26. The van der Waals surface area contributed by atoms with Crippen LogP contribution >= 0.6 is 11.8 Å². The minimum atomic E-state index is -0.438. The second-order valence-corrected chi connectivity index (χ2v) is 7.59. The Morgan fingerprint density at radius 2 is 1.90 bits per heavy atom. The molecule has 0 spiro atoms. The van der Waals surface area contributed by atoms with Gasteiger partial charge in [0.15, 0.2) is 5.82 Å². The van der Waals surface area contributed by atoms with Crippen LogP contribution in [-0.4, -0.2) is 32.6 Å². The van der Waals surface area contributed by atoms with Crippen molar-refractivity contribution in [2.45, 2.75) is 30.7 Å². The van der Waals surface area contributed by atoms with Crippen molar-refractivity contribution >= 4 is 23.4 Å². The molecule has 0 bridgehead atoms. The van der Waals surface area contributed by atoms with E-state index in [9.17, 15) is 9.18 Å². The molecule has 0 aliphatic rings. The lowest BCUT2D eigenvalue weighted by Crippen LogP contribution is -2.24. The molecule has 0 aliphatic heterocycles. The number of benzene rings is 2. The molecule has 29 heavy (non-hydrogen) atoms. The number of halogens is 1. The Balaban J connectivity index is 1.59. The van der Waals surface area contributed by atoms with Crippen molar-refractivity contribution in [2.75, 3.05) is 17.8 Å². The van der Waals surface area contributed by atoms with E-state index in [2.05, 4.69) is 15.5 Å². The first-order valence-electron chi connectivity index (χ1n) is 9.10. The molecule has 1 amide bonds. The quantitative estimate of drug-likeness (QED) is 0.433. The molecule has 3 rings (SSSR count). The van der Waals surface area contributed by atoms with E-state index in [1.54, 1.807) is 43.3 Å². The van der Waals surface area contributed by atoms with Gasteiger partial charge in [-0.05, 0) is 55.8 Å². The van der Waals surface area contributed by atoms with Crippen LogP contribution in [0.25, 0.3) is 0 Å². The van der Waals surface area contributed by atoms with Gasteiger partial charge >= 0.3 is 0 Å². The largest absolute Gasteiger partial charge is 0.494 e. The second-order valence-electron chi connectivity index (χ2n) is 6.28. The number of carbonyl (C=O) groups is 1. The lowest BCUT2D eigenvalue weighted by Gasteiger charge is -2.12.